The van der Waals surface area contributed by atoms with Gasteiger partial charge in [-0.1, -0.05) is 24.6 Å². The molecule has 1 aliphatic carbocycles. The fourth-order valence-electron chi connectivity index (χ4n) is 2.61. The van der Waals surface area contributed by atoms with E-state index < -0.39 is 0 Å². The van der Waals surface area contributed by atoms with E-state index in [0.717, 1.165) is 31.9 Å². The van der Waals surface area contributed by atoms with Gasteiger partial charge in [-0.25, -0.2) is 0 Å². The minimum Gasteiger partial charge on any atom is -0.385 e. The minimum absolute atomic E-state index is 0.711. The van der Waals surface area contributed by atoms with Crippen molar-refractivity contribution in [3.05, 3.63) is 0 Å². The van der Waals surface area contributed by atoms with Gasteiger partial charge >= 0.3 is 0 Å². The highest BCUT2D eigenvalue weighted by Gasteiger charge is 2.29. The molecule has 0 bridgehead atoms. The van der Waals surface area contributed by atoms with Crippen molar-refractivity contribution in [3.8, 4) is 0 Å². The average Bonchev–Trinajstić information content (AvgIpc) is 2.38. The van der Waals surface area contributed by atoms with Gasteiger partial charge in [-0.2, -0.15) is 0 Å². The Kier molecular flexibility index (Phi) is 5.65. The summed E-state index contributed by atoms with van der Waals surface area (Å²) in [6, 6.07) is 0.711. The number of aliphatic imine (C=N–C) groups is 1. The Morgan fingerprint density at radius 2 is 2.24 bits per heavy atom. The van der Waals surface area contributed by atoms with Crippen LogP contribution in [0.3, 0.4) is 0 Å². The summed E-state index contributed by atoms with van der Waals surface area (Å²) in [5.41, 5.74) is 0. The quantitative estimate of drug-likeness (QED) is 0.768. The summed E-state index contributed by atoms with van der Waals surface area (Å²) in [5.74, 6) is 2.16. The molecule has 1 aliphatic heterocycles. The first-order valence-electron chi connectivity index (χ1n) is 6.83. The number of nitrogens with zero attached hydrogens (tertiary/aromatic N) is 1. The summed E-state index contributed by atoms with van der Waals surface area (Å²) in [6.07, 6.45) is 7.81. The number of hydrogen-bond donors (Lipinski definition) is 1. The van der Waals surface area contributed by atoms with Gasteiger partial charge in [0.25, 0.3) is 0 Å². The minimum atomic E-state index is 0.711. The van der Waals surface area contributed by atoms with Gasteiger partial charge in [0.1, 0.15) is 0 Å². The number of fused-ring (bicyclic) bond motifs is 1. The fourth-order valence-corrected chi connectivity index (χ4v) is 3.80. The molecule has 2 atom stereocenters. The molecule has 2 aliphatic rings. The Hall–Kier alpha value is -0.220. The second-order valence-electron chi connectivity index (χ2n) is 4.99. The lowest BCUT2D eigenvalue weighted by Gasteiger charge is -2.36. The van der Waals surface area contributed by atoms with Crippen molar-refractivity contribution < 1.29 is 4.74 Å². The topological polar surface area (TPSA) is 33.6 Å². The van der Waals surface area contributed by atoms with Gasteiger partial charge in [0, 0.05) is 32.1 Å². The first-order chi connectivity index (χ1) is 8.40. The van der Waals surface area contributed by atoms with Gasteiger partial charge in [-0.3, -0.25) is 4.99 Å². The zero-order valence-corrected chi connectivity index (χ0v) is 11.6. The number of nitrogens with one attached hydrogen (secondary N) is 1. The molecule has 1 N–H and O–H groups in total. The predicted octanol–water partition coefficient (Wildman–Crippen LogP) is 2.66. The van der Waals surface area contributed by atoms with E-state index >= 15 is 0 Å². The normalized spacial score (nSPS) is 31.0. The van der Waals surface area contributed by atoms with Gasteiger partial charge in [0.05, 0.1) is 0 Å². The molecule has 0 aromatic heterocycles. The van der Waals surface area contributed by atoms with Crippen LogP contribution in [0.5, 0.6) is 0 Å². The second-order valence-corrected chi connectivity index (χ2v) is 6.00. The van der Waals surface area contributed by atoms with Crippen LogP contribution in [0.25, 0.3) is 0 Å². The van der Waals surface area contributed by atoms with E-state index in [2.05, 4.69) is 10.3 Å². The molecule has 2 unspecified atom stereocenters. The molecule has 0 amide bonds. The van der Waals surface area contributed by atoms with Gasteiger partial charge in [-0.15, -0.1) is 0 Å². The molecule has 3 nitrogen and oxygen atoms in total. The van der Waals surface area contributed by atoms with Crippen LogP contribution < -0.4 is 5.32 Å². The van der Waals surface area contributed by atoms with Crippen molar-refractivity contribution in [2.45, 2.75) is 44.6 Å². The van der Waals surface area contributed by atoms with Gasteiger partial charge in [0.2, 0.25) is 0 Å². The van der Waals surface area contributed by atoms with Crippen molar-refractivity contribution in [2.24, 2.45) is 10.9 Å². The lowest BCUT2D eigenvalue weighted by atomic mass is 9.86. The van der Waals surface area contributed by atoms with Crippen molar-refractivity contribution in [1.29, 1.82) is 0 Å². The second kappa shape index (κ2) is 7.27. The third kappa shape index (κ3) is 4.18. The van der Waals surface area contributed by atoms with E-state index in [9.17, 15) is 0 Å². The van der Waals surface area contributed by atoms with Crippen LogP contribution in [-0.2, 0) is 4.74 Å². The Balaban J connectivity index is 1.69. The first kappa shape index (κ1) is 13.2. The number of thioether (sulfide) groups is 1. The van der Waals surface area contributed by atoms with E-state index in [-0.39, 0.29) is 0 Å². The van der Waals surface area contributed by atoms with Gasteiger partial charge in [-0.05, 0) is 31.6 Å². The average molecular weight is 256 g/mol. The molecule has 17 heavy (non-hydrogen) atoms. The highest BCUT2D eigenvalue weighted by molar-refractivity contribution is 8.13. The monoisotopic (exact) mass is 256 g/mol. The maximum atomic E-state index is 5.04. The molecule has 0 aromatic carbocycles. The molecular formula is C13H24N2OS. The molecule has 2 fully saturated rings. The van der Waals surface area contributed by atoms with Gasteiger partial charge < -0.3 is 10.1 Å². The van der Waals surface area contributed by atoms with Crippen LogP contribution in [0.4, 0.5) is 0 Å². The molecular weight excluding hydrogens is 232 g/mol. The molecule has 0 radical (unpaired) electrons. The number of amidine groups is 1. The summed E-state index contributed by atoms with van der Waals surface area (Å²) >= 11 is 1.92. The van der Waals surface area contributed by atoms with E-state index in [1.807, 2.05) is 11.8 Å². The van der Waals surface area contributed by atoms with Crippen LogP contribution in [-0.4, -0.2) is 37.2 Å². The van der Waals surface area contributed by atoms with E-state index in [4.69, 9.17) is 4.74 Å². The third-order valence-electron chi connectivity index (χ3n) is 3.66. The largest absolute Gasteiger partial charge is 0.385 e. The van der Waals surface area contributed by atoms with Crippen molar-refractivity contribution in [1.82, 2.24) is 5.32 Å². The molecule has 4 heteroatoms. The standard InChI is InChI=1S/C13H24N2OS/c1-16-9-5-4-8-14-13-15-12-7-3-2-6-11(12)10-17-13/h11-12H,2-10H2,1H3,(H,14,15). The van der Waals surface area contributed by atoms with E-state index in [1.165, 1.54) is 36.6 Å². The van der Waals surface area contributed by atoms with Crippen molar-refractivity contribution in [3.63, 3.8) is 0 Å². The van der Waals surface area contributed by atoms with Crippen molar-refractivity contribution >= 4 is 16.9 Å². The van der Waals surface area contributed by atoms with Crippen LogP contribution >= 0.6 is 11.8 Å². The zero-order chi connectivity index (χ0) is 11.9. The first-order valence-corrected chi connectivity index (χ1v) is 7.81. The fraction of sp³-hybridized carbons (Fsp3) is 0.923. The van der Waals surface area contributed by atoms with Crippen LogP contribution in [0, 0.1) is 5.92 Å². The highest BCUT2D eigenvalue weighted by atomic mass is 32.2. The van der Waals surface area contributed by atoms with Crippen LogP contribution in [0.2, 0.25) is 0 Å². The molecule has 0 spiro atoms. The molecule has 0 aromatic rings. The molecule has 98 valence electrons. The summed E-state index contributed by atoms with van der Waals surface area (Å²) < 4.78 is 5.04. The maximum absolute atomic E-state index is 5.04. The smallest absolute Gasteiger partial charge is 0.156 e. The Morgan fingerprint density at radius 3 is 3.12 bits per heavy atom. The predicted molar refractivity (Wildman–Crippen MR) is 74.8 cm³/mol. The molecule has 1 saturated carbocycles. The summed E-state index contributed by atoms with van der Waals surface area (Å²) in [7, 11) is 1.76. The van der Waals surface area contributed by atoms with Crippen LogP contribution in [0.1, 0.15) is 38.5 Å². The number of rotatable bonds is 5. The molecule has 1 saturated heterocycles. The summed E-state index contributed by atoms with van der Waals surface area (Å²) in [5, 5.41) is 4.81. The molecule has 2 rings (SSSR count). The van der Waals surface area contributed by atoms with Crippen LogP contribution in [0.15, 0.2) is 4.99 Å². The highest BCUT2D eigenvalue weighted by Crippen LogP contribution is 2.31. The summed E-state index contributed by atoms with van der Waals surface area (Å²) in [6.45, 7) is 1.80. The van der Waals surface area contributed by atoms with Gasteiger partial charge in [0.15, 0.2) is 5.17 Å². The maximum Gasteiger partial charge on any atom is 0.156 e. The summed E-state index contributed by atoms with van der Waals surface area (Å²) in [4.78, 5) is 4.66. The number of ether oxygens (including phenoxy) is 1. The third-order valence-corrected chi connectivity index (χ3v) is 4.78. The Bertz CT molecular complexity index is 258. The zero-order valence-electron chi connectivity index (χ0n) is 10.8. The SMILES string of the molecule is COCCCCN=C1NC2CCCCC2CS1. The number of methoxy groups -OCH3 is 1. The lowest BCUT2D eigenvalue weighted by molar-refractivity contribution is 0.193. The van der Waals surface area contributed by atoms with Crippen molar-refractivity contribution in [2.75, 3.05) is 26.0 Å². The Morgan fingerprint density at radius 1 is 1.35 bits per heavy atom. The van der Waals surface area contributed by atoms with E-state index in [1.54, 1.807) is 7.11 Å². The number of hydrogen-bond acceptors (Lipinski definition) is 3. The molecule has 1 heterocycles. The lowest BCUT2D eigenvalue weighted by Crippen LogP contribution is -2.46. The van der Waals surface area contributed by atoms with E-state index in [0.29, 0.717) is 6.04 Å². The number of unbranched alkanes of at least 4 members (excludes halogenated alkanes) is 1. The Labute approximate surface area is 109 Å².